The van der Waals surface area contributed by atoms with Gasteiger partial charge in [-0.1, -0.05) is 36.4 Å². The molecule has 2 aromatic carbocycles. The summed E-state index contributed by atoms with van der Waals surface area (Å²) in [6.07, 6.45) is 0. The zero-order chi connectivity index (χ0) is 17.8. The molecule has 4 heteroatoms. The Bertz CT molecular complexity index is 890. The predicted octanol–water partition coefficient (Wildman–Crippen LogP) is 4.69. The molecule has 0 spiro atoms. The molecular formula is C21H19FN2O. The molecule has 0 aliphatic carbocycles. The Morgan fingerprint density at radius 2 is 1.72 bits per heavy atom. The first-order valence-electron chi connectivity index (χ1n) is 8.14. The smallest absolute Gasteiger partial charge is 0.252 e. The minimum Gasteiger partial charge on any atom is -0.344 e. The summed E-state index contributed by atoms with van der Waals surface area (Å²) < 4.78 is 13.2. The highest BCUT2D eigenvalue weighted by molar-refractivity contribution is 6.01. The molecule has 1 heterocycles. The summed E-state index contributed by atoms with van der Waals surface area (Å²) in [5, 5.41) is 2.99. The number of carbonyl (C=O) groups is 1. The molecule has 0 bridgehead atoms. The van der Waals surface area contributed by atoms with E-state index >= 15 is 0 Å². The molecule has 126 valence electrons. The Morgan fingerprint density at radius 3 is 2.44 bits per heavy atom. The minimum absolute atomic E-state index is 0.185. The Labute approximate surface area is 146 Å². The fourth-order valence-electron chi connectivity index (χ4n) is 2.72. The summed E-state index contributed by atoms with van der Waals surface area (Å²) in [5.41, 5.74) is 3.84. The van der Waals surface area contributed by atoms with E-state index in [-0.39, 0.29) is 17.8 Å². The van der Waals surface area contributed by atoms with Gasteiger partial charge >= 0.3 is 0 Å². The van der Waals surface area contributed by atoms with Crippen LogP contribution in [0.25, 0.3) is 11.1 Å². The number of aryl methyl sites for hydroxylation is 1. The van der Waals surface area contributed by atoms with Crippen molar-refractivity contribution in [2.75, 3.05) is 0 Å². The van der Waals surface area contributed by atoms with Gasteiger partial charge in [0.05, 0.1) is 11.7 Å². The van der Waals surface area contributed by atoms with Crippen LogP contribution in [-0.2, 0) is 0 Å². The zero-order valence-electron chi connectivity index (χ0n) is 14.2. The van der Waals surface area contributed by atoms with Crippen LogP contribution < -0.4 is 5.32 Å². The van der Waals surface area contributed by atoms with Gasteiger partial charge in [0.2, 0.25) is 0 Å². The molecule has 25 heavy (non-hydrogen) atoms. The van der Waals surface area contributed by atoms with Gasteiger partial charge in [-0.15, -0.1) is 0 Å². The molecule has 0 radical (unpaired) electrons. The molecule has 1 N–H and O–H groups in total. The third-order valence-electron chi connectivity index (χ3n) is 4.03. The molecule has 0 unspecified atom stereocenters. The van der Waals surface area contributed by atoms with E-state index < -0.39 is 0 Å². The number of amides is 1. The van der Waals surface area contributed by atoms with Crippen molar-refractivity contribution >= 4 is 5.91 Å². The maximum Gasteiger partial charge on any atom is 0.252 e. The molecule has 3 aromatic rings. The van der Waals surface area contributed by atoms with Gasteiger partial charge in [-0.25, -0.2) is 4.39 Å². The summed E-state index contributed by atoms with van der Waals surface area (Å²) in [7, 11) is 0. The number of hydrogen-bond donors (Lipinski definition) is 1. The fourth-order valence-corrected chi connectivity index (χ4v) is 2.72. The van der Waals surface area contributed by atoms with Crippen molar-refractivity contribution in [1.29, 1.82) is 0 Å². The average molecular weight is 334 g/mol. The van der Waals surface area contributed by atoms with E-state index in [1.165, 1.54) is 12.1 Å². The number of halogens is 1. The largest absolute Gasteiger partial charge is 0.344 e. The van der Waals surface area contributed by atoms with Crippen LogP contribution in [0.5, 0.6) is 0 Å². The highest BCUT2D eigenvalue weighted by Gasteiger charge is 2.16. The third kappa shape index (κ3) is 3.91. The molecule has 0 saturated carbocycles. The minimum atomic E-state index is -0.301. The second kappa shape index (κ2) is 7.26. The Kier molecular flexibility index (Phi) is 4.89. The van der Waals surface area contributed by atoms with Gasteiger partial charge in [-0.05, 0) is 55.3 Å². The Hall–Kier alpha value is -3.01. The first-order valence-corrected chi connectivity index (χ1v) is 8.14. The van der Waals surface area contributed by atoms with Gasteiger partial charge in [-0.3, -0.25) is 9.78 Å². The van der Waals surface area contributed by atoms with Crippen molar-refractivity contribution in [2.24, 2.45) is 0 Å². The van der Waals surface area contributed by atoms with Crippen molar-refractivity contribution in [3.8, 4) is 11.1 Å². The number of benzene rings is 2. The van der Waals surface area contributed by atoms with Crippen LogP contribution in [0.15, 0.2) is 66.7 Å². The second-order valence-electron chi connectivity index (χ2n) is 5.95. The Morgan fingerprint density at radius 1 is 1.00 bits per heavy atom. The third-order valence-corrected chi connectivity index (χ3v) is 4.03. The highest BCUT2D eigenvalue weighted by Crippen LogP contribution is 2.24. The molecule has 0 aliphatic heterocycles. The van der Waals surface area contributed by atoms with E-state index in [9.17, 15) is 9.18 Å². The second-order valence-corrected chi connectivity index (χ2v) is 5.95. The van der Waals surface area contributed by atoms with Crippen LogP contribution in [0.1, 0.15) is 34.7 Å². The standard InChI is InChI=1S/C21H19FN2O/c1-14-6-5-9-20(23-14)15(2)24-21(25)19-8-4-3-7-18(19)16-10-12-17(22)13-11-16/h3-13,15H,1-2H3,(H,24,25)/t15-/m0/s1. The van der Waals surface area contributed by atoms with Crippen LogP contribution >= 0.6 is 0 Å². The summed E-state index contributed by atoms with van der Waals surface area (Å²) in [5.74, 6) is -0.486. The van der Waals surface area contributed by atoms with Crippen LogP contribution in [0.2, 0.25) is 0 Å². The maximum atomic E-state index is 13.2. The molecule has 3 nitrogen and oxygen atoms in total. The fraction of sp³-hybridized carbons (Fsp3) is 0.143. The predicted molar refractivity (Wildman–Crippen MR) is 96.7 cm³/mol. The van der Waals surface area contributed by atoms with Gasteiger partial charge in [-0.2, -0.15) is 0 Å². The van der Waals surface area contributed by atoms with E-state index in [4.69, 9.17) is 0 Å². The van der Waals surface area contributed by atoms with Crippen LogP contribution in [0.3, 0.4) is 0 Å². The molecule has 0 saturated heterocycles. The number of rotatable bonds is 4. The number of nitrogens with one attached hydrogen (secondary N) is 1. The highest BCUT2D eigenvalue weighted by atomic mass is 19.1. The molecule has 1 amide bonds. The summed E-state index contributed by atoms with van der Waals surface area (Å²) in [6.45, 7) is 3.82. The average Bonchev–Trinajstić information content (AvgIpc) is 2.62. The first kappa shape index (κ1) is 16.8. The van der Waals surface area contributed by atoms with E-state index in [0.717, 1.165) is 22.5 Å². The lowest BCUT2D eigenvalue weighted by atomic mass is 9.99. The van der Waals surface area contributed by atoms with E-state index in [1.807, 2.05) is 50.2 Å². The number of pyridine rings is 1. The zero-order valence-corrected chi connectivity index (χ0v) is 14.2. The lowest BCUT2D eigenvalue weighted by Gasteiger charge is -2.16. The molecule has 1 aromatic heterocycles. The Balaban J connectivity index is 1.86. The first-order chi connectivity index (χ1) is 12.0. The van der Waals surface area contributed by atoms with Gasteiger partial charge in [0.15, 0.2) is 0 Å². The van der Waals surface area contributed by atoms with Crippen molar-refractivity contribution in [2.45, 2.75) is 19.9 Å². The lowest BCUT2D eigenvalue weighted by molar-refractivity contribution is 0.0939. The summed E-state index contributed by atoms with van der Waals surface area (Å²) >= 11 is 0. The summed E-state index contributed by atoms with van der Waals surface area (Å²) in [4.78, 5) is 17.2. The van der Waals surface area contributed by atoms with Crippen molar-refractivity contribution < 1.29 is 9.18 Å². The lowest BCUT2D eigenvalue weighted by Crippen LogP contribution is -2.27. The topological polar surface area (TPSA) is 42.0 Å². The number of hydrogen-bond acceptors (Lipinski definition) is 2. The van der Waals surface area contributed by atoms with Crippen molar-refractivity contribution in [1.82, 2.24) is 10.3 Å². The van der Waals surface area contributed by atoms with E-state index in [0.29, 0.717) is 5.56 Å². The van der Waals surface area contributed by atoms with E-state index in [1.54, 1.807) is 18.2 Å². The number of carbonyl (C=O) groups excluding carboxylic acids is 1. The molecule has 0 fully saturated rings. The van der Waals surface area contributed by atoms with Crippen molar-refractivity contribution in [3.63, 3.8) is 0 Å². The maximum absolute atomic E-state index is 13.2. The molecular weight excluding hydrogens is 315 g/mol. The van der Waals surface area contributed by atoms with Crippen molar-refractivity contribution in [3.05, 3.63) is 89.5 Å². The number of aromatic nitrogens is 1. The normalized spacial score (nSPS) is 11.8. The van der Waals surface area contributed by atoms with Crippen LogP contribution in [-0.4, -0.2) is 10.9 Å². The van der Waals surface area contributed by atoms with Gasteiger partial charge < -0.3 is 5.32 Å². The molecule has 3 rings (SSSR count). The van der Waals surface area contributed by atoms with Crippen LogP contribution in [0, 0.1) is 12.7 Å². The monoisotopic (exact) mass is 334 g/mol. The SMILES string of the molecule is Cc1cccc([C@H](C)NC(=O)c2ccccc2-c2ccc(F)cc2)n1. The molecule has 1 atom stereocenters. The number of nitrogens with zero attached hydrogens (tertiary/aromatic N) is 1. The van der Waals surface area contributed by atoms with Gasteiger partial charge in [0, 0.05) is 11.3 Å². The summed E-state index contributed by atoms with van der Waals surface area (Å²) in [6, 6.07) is 19.0. The van der Waals surface area contributed by atoms with E-state index in [2.05, 4.69) is 10.3 Å². The van der Waals surface area contributed by atoms with Gasteiger partial charge in [0.25, 0.3) is 5.91 Å². The quantitative estimate of drug-likeness (QED) is 0.752. The molecule has 0 aliphatic rings. The van der Waals surface area contributed by atoms with Gasteiger partial charge in [0.1, 0.15) is 5.82 Å². The van der Waals surface area contributed by atoms with Crippen LogP contribution in [0.4, 0.5) is 4.39 Å².